The number of benzene rings is 1. The molecule has 1 aromatic carbocycles. The Kier molecular flexibility index (Phi) is 6.89. The number of rotatable bonds is 7. The highest BCUT2D eigenvalue weighted by Crippen LogP contribution is 2.23. The molecule has 150 valence electrons. The summed E-state index contributed by atoms with van der Waals surface area (Å²) < 4.78 is 27.0. The minimum absolute atomic E-state index is 0.146. The standard InChI is InChI=1S/C20H31N3O3S/c1-17-9-15-23(16-10-17)27(25,26)19-7-5-18(6-8-19)20(24)21-11-4-14-22-12-2-3-13-22/h5-8,17H,2-4,9-16H2,1H3,(H,21,24). The average Bonchev–Trinajstić information content (AvgIpc) is 3.19. The second kappa shape index (κ2) is 9.17. The smallest absolute Gasteiger partial charge is 0.251 e. The van der Waals surface area contributed by atoms with Crippen LogP contribution < -0.4 is 5.32 Å². The van der Waals surface area contributed by atoms with E-state index in [1.807, 2.05) is 0 Å². The third-order valence-electron chi connectivity index (χ3n) is 5.63. The number of nitrogens with zero attached hydrogens (tertiary/aromatic N) is 2. The van der Waals surface area contributed by atoms with E-state index in [0.717, 1.165) is 25.8 Å². The molecule has 0 aliphatic carbocycles. The van der Waals surface area contributed by atoms with Gasteiger partial charge in [0.2, 0.25) is 10.0 Å². The van der Waals surface area contributed by atoms with Crippen LogP contribution in [0.1, 0.15) is 49.4 Å². The van der Waals surface area contributed by atoms with Crippen LogP contribution in [0.3, 0.4) is 0 Å². The number of piperidine rings is 1. The Balaban J connectivity index is 1.50. The topological polar surface area (TPSA) is 69.7 Å². The second-order valence-corrected chi connectivity index (χ2v) is 9.71. The van der Waals surface area contributed by atoms with Gasteiger partial charge in [-0.2, -0.15) is 4.31 Å². The summed E-state index contributed by atoms with van der Waals surface area (Å²) in [4.78, 5) is 14.9. The van der Waals surface area contributed by atoms with Gasteiger partial charge in [0.05, 0.1) is 4.90 Å². The largest absolute Gasteiger partial charge is 0.352 e. The van der Waals surface area contributed by atoms with Gasteiger partial charge >= 0.3 is 0 Å². The van der Waals surface area contributed by atoms with Crippen molar-refractivity contribution in [1.29, 1.82) is 0 Å². The van der Waals surface area contributed by atoms with E-state index in [1.54, 1.807) is 28.6 Å². The summed E-state index contributed by atoms with van der Waals surface area (Å²) in [5, 5.41) is 2.92. The van der Waals surface area contributed by atoms with Gasteiger partial charge in [-0.1, -0.05) is 6.92 Å². The molecule has 0 unspecified atom stereocenters. The molecule has 7 heteroatoms. The molecule has 0 atom stereocenters. The molecule has 1 aromatic rings. The van der Waals surface area contributed by atoms with Gasteiger partial charge in [0.25, 0.3) is 5.91 Å². The molecular weight excluding hydrogens is 362 g/mol. The number of amides is 1. The molecule has 2 aliphatic heterocycles. The van der Waals surface area contributed by atoms with E-state index in [-0.39, 0.29) is 10.8 Å². The molecule has 2 aliphatic rings. The molecule has 2 fully saturated rings. The zero-order valence-corrected chi connectivity index (χ0v) is 17.0. The molecule has 2 saturated heterocycles. The lowest BCUT2D eigenvalue weighted by atomic mass is 10.0. The van der Waals surface area contributed by atoms with E-state index < -0.39 is 10.0 Å². The molecule has 1 N–H and O–H groups in total. The van der Waals surface area contributed by atoms with Gasteiger partial charge < -0.3 is 10.2 Å². The Labute approximate surface area is 163 Å². The number of hydrogen-bond acceptors (Lipinski definition) is 4. The van der Waals surface area contributed by atoms with Crippen molar-refractivity contribution in [3.8, 4) is 0 Å². The fraction of sp³-hybridized carbons (Fsp3) is 0.650. The van der Waals surface area contributed by atoms with Crippen LogP contribution in [0, 0.1) is 5.92 Å². The van der Waals surface area contributed by atoms with Crippen LogP contribution >= 0.6 is 0 Å². The maximum absolute atomic E-state index is 12.7. The summed E-state index contributed by atoms with van der Waals surface area (Å²) in [5.74, 6) is 0.431. The molecule has 27 heavy (non-hydrogen) atoms. The molecule has 0 saturated carbocycles. The third kappa shape index (κ3) is 5.30. The van der Waals surface area contributed by atoms with Gasteiger partial charge in [-0.3, -0.25) is 4.79 Å². The fourth-order valence-electron chi connectivity index (χ4n) is 3.77. The molecule has 6 nitrogen and oxygen atoms in total. The second-order valence-electron chi connectivity index (χ2n) is 7.77. The first kappa shape index (κ1) is 20.3. The first-order valence-corrected chi connectivity index (χ1v) is 11.5. The molecular formula is C20H31N3O3S. The minimum Gasteiger partial charge on any atom is -0.352 e. The van der Waals surface area contributed by atoms with Gasteiger partial charge in [-0.15, -0.1) is 0 Å². The van der Waals surface area contributed by atoms with Crippen molar-refractivity contribution in [2.75, 3.05) is 39.3 Å². The number of nitrogens with one attached hydrogen (secondary N) is 1. The van der Waals surface area contributed by atoms with Crippen LogP contribution in [0.4, 0.5) is 0 Å². The first-order valence-electron chi connectivity index (χ1n) is 10.1. The number of likely N-dealkylation sites (tertiary alicyclic amines) is 1. The zero-order valence-electron chi connectivity index (χ0n) is 16.2. The monoisotopic (exact) mass is 393 g/mol. The minimum atomic E-state index is -3.46. The number of sulfonamides is 1. The summed E-state index contributed by atoms with van der Waals surface area (Å²) in [6.07, 6.45) is 5.29. The van der Waals surface area contributed by atoms with E-state index in [4.69, 9.17) is 0 Å². The first-order chi connectivity index (χ1) is 13.0. The van der Waals surface area contributed by atoms with Gasteiger partial charge in [-0.05, 0) is 81.9 Å². The maximum Gasteiger partial charge on any atom is 0.251 e. The fourth-order valence-corrected chi connectivity index (χ4v) is 5.24. The van der Waals surface area contributed by atoms with Crippen molar-refractivity contribution in [1.82, 2.24) is 14.5 Å². The normalized spacial score (nSPS) is 20.0. The predicted molar refractivity (Wildman–Crippen MR) is 106 cm³/mol. The van der Waals surface area contributed by atoms with E-state index in [1.165, 1.54) is 25.9 Å². The lowest BCUT2D eigenvalue weighted by molar-refractivity contribution is 0.0952. The summed E-state index contributed by atoms with van der Waals surface area (Å²) >= 11 is 0. The Morgan fingerprint density at radius 3 is 2.33 bits per heavy atom. The third-order valence-corrected chi connectivity index (χ3v) is 7.55. The van der Waals surface area contributed by atoms with Crippen LogP contribution in [0.15, 0.2) is 29.2 Å². The molecule has 0 aromatic heterocycles. The zero-order chi connectivity index (χ0) is 19.3. The Hall–Kier alpha value is -1.44. The van der Waals surface area contributed by atoms with Crippen LogP contribution in [0.25, 0.3) is 0 Å². The predicted octanol–water partition coefficient (Wildman–Crippen LogP) is 2.32. The van der Waals surface area contributed by atoms with Crippen molar-refractivity contribution < 1.29 is 13.2 Å². The van der Waals surface area contributed by atoms with E-state index in [2.05, 4.69) is 17.1 Å². The molecule has 0 spiro atoms. The molecule has 0 radical (unpaired) electrons. The summed E-state index contributed by atoms with van der Waals surface area (Å²) in [7, 11) is -3.46. The van der Waals surface area contributed by atoms with Crippen molar-refractivity contribution in [3.05, 3.63) is 29.8 Å². The highest BCUT2D eigenvalue weighted by atomic mass is 32.2. The van der Waals surface area contributed by atoms with Crippen LogP contribution in [-0.2, 0) is 10.0 Å². The Morgan fingerprint density at radius 1 is 1.07 bits per heavy atom. The molecule has 2 heterocycles. The lowest BCUT2D eigenvalue weighted by Gasteiger charge is -2.29. The quantitative estimate of drug-likeness (QED) is 0.722. The number of carbonyl (C=O) groups is 1. The van der Waals surface area contributed by atoms with Crippen LogP contribution in [-0.4, -0.2) is 62.8 Å². The summed E-state index contributed by atoms with van der Waals surface area (Å²) in [6.45, 7) is 7.29. The van der Waals surface area contributed by atoms with E-state index >= 15 is 0 Å². The van der Waals surface area contributed by atoms with Crippen molar-refractivity contribution in [2.24, 2.45) is 5.92 Å². The van der Waals surface area contributed by atoms with Crippen LogP contribution in [0.2, 0.25) is 0 Å². The lowest BCUT2D eigenvalue weighted by Crippen LogP contribution is -2.37. The SMILES string of the molecule is CC1CCN(S(=O)(=O)c2ccc(C(=O)NCCCN3CCCC3)cc2)CC1. The van der Waals surface area contributed by atoms with Gasteiger partial charge in [0.15, 0.2) is 0 Å². The Bertz CT molecular complexity index is 719. The molecule has 0 bridgehead atoms. The number of hydrogen-bond donors (Lipinski definition) is 1. The van der Waals surface area contributed by atoms with E-state index in [0.29, 0.717) is 31.1 Å². The molecule has 3 rings (SSSR count). The van der Waals surface area contributed by atoms with Crippen LogP contribution in [0.5, 0.6) is 0 Å². The summed E-state index contributed by atoms with van der Waals surface area (Å²) in [5.41, 5.74) is 0.502. The Morgan fingerprint density at radius 2 is 1.70 bits per heavy atom. The van der Waals surface area contributed by atoms with Gasteiger partial charge in [0.1, 0.15) is 0 Å². The van der Waals surface area contributed by atoms with Crippen molar-refractivity contribution in [2.45, 2.75) is 43.9 Å². The maximum atomic E-state index is 12.7. The number of carbonyl (C=O) groups excluding carboxylic acids is 1. The van der Waals surface area contributed by atoms with Gasteiger partial charge in [0, 0.05) is 25.2 Å². The van der Waals surface area contributed by atoms with Gasteiger partial charge in [-0.25, -0.2) is 8.42 Å². The average molecular weight is 394 g/mol. The summed E-state index contributed by atoms with van der Waals surface area (Å²) in [6, 6.07) is 6.31. The van der Waals surface area contributed by atoms with Crippen molar-refractivity contribution >= 4 is 15.9 Å². The highest BCUT2D eigenvalue weighted by molar-refractivity contribution is 7.89. The van der Waals surface area contributed by atoms with E-state index in [9.17, 15) is 13.2 Å². The molecule has 1 amide bonds. The van der Waals surface area contributed by atoms with Crippen molar-refractivity contribution in [3.63, 3.8) is 0 Å². The highest BCUT2D eigenvalue weighted by Gasteiger charge is 2.28.